The quantitative estimate of drug-likeness (QED) is 0.813. The second-order valence-corrected chi connectivity index (χ2v) is 7.26. The molecule has 0 saturated carbocycles. The molecule has 0 N–H and O–H groups in total. The van der Waals surface area contributed by atoms with Gasteiger partial charge < -0.3 is 4.90 Å². The van der Waals surface area contributed by atoms with Crippen LogP contribution in [0.1, 0.15) is 35.2 Å². The van der Waals surface area contributed by atoms with E-state index in [2.05, 4.69) is 0 Å². The van der Waals surface area contributed by atoms with Crippen molar-refractivity contribution < 1.29 is 23.2 Å². The second-order valence-electron chi connectivity index (χ2n) is 7.26. The first-order valence-corrected chi connectivity index (χ1v) is 9.24. The third kappa shape index (κ3) is 3.49. The van der Waals surface area contributed by atoms with Crippen LogP contribution in [0.2, 0.25) is 0 Å². The smallest absolute Gasteiger partial charge is 0.259 e. The van der Waals surface area contributed by atoms with E-state index in [1.807, 2.05) is 30.3 Å². The van der Waals surface area contributed by atoms with Crippen molar-refractivity contribution in [1.29, 1.82) is 0 Å². The summed E-state index contributed by atoms with van der Waals surface area (Å²) in [5.41, 5.74) is -0.223. The second kappa shape index (κ2) is 7.31. The van der Waals surface area contributed by atoms with Crippen LogP contribution in [0.25, 0.3) is 0 Å². The Morgan fingerprint density at radius 1 is 1.00 bits per heavy atom. The van der Waals surface area contributed by atoms with Crippen LogP contribution in [-0.2, 0) is 16.2 Å². The summed E-state index contributed by atoms with van der Waals surface area (Å²) in [6.45, 7) is 0.919. The average molecular weight is 386 g/mol. The summed E-state index contributed by atoms with van der Waals surface area (Å²) in [7, 11) is 0. The number of rotatable bonds is 3. The van der Waals surface area contributed by atoms with Gasteiger partial charge in [0.15, 0.2) is 0 Å². The topological polar surface area (TPSA) is 49.9 Å². The van der Waals surface area contributed by atoms with E-state index in [9.17, 15) is 18.4 Å². The molecule has 2 aliphatic rings. The number of carbonyl (C=O) groups excluding carboxylic acids is 2. The van der Waals surface area contributed by atoms with E-state index in [1.54, 1.807) is 0 Å². The Morgan fingerprint density at radius 2 is 1.64 bits per heavy atom. The minimum atomic E-state index is -0.869. The number of nitrogens with zero attached hydrogens (tertiary/aromatic N) is 2. The first kappa shape index (κ1) is 18.6. The van der Waals surface area contributed by atoms with Crippen LogP contribution >= 0.6 is 0 Å². The molecule has 7 heteroatoms. The van der Waals surface area contributed by atoms with Gasteiger partial charge in [-0.15, -0.1) is 0 Å². The van der Waals surface area contributed by atoms with E-state index in [1.165, 1.54) is 16.0 Å². The highest BCUT2D eigenvalue weighted by molar-refractivity contribution is 5.94. The van der Waals surface area contributed by atoms with Crippen molar-refractivity contribution in [2.24, 2.45) is 0 Å². The fourth-order valence-electron chi connectivity index (χ4n) is 3.80. The summed E-state index contributed by atoms with van der Waals surface area (Å²) in [5.74, 6) is -2.50. The maximum Gasteiger partial charge on any atom is 0.259 e. The predicted molar refractivity (Wildman–Crippen MR) is 96.9 cm³/mol. The van der Waals surface area contributed by atoms with E-state index < -0.39 is 28.7 Å². The Hall–Kier alpha value is -2.80. The maximum absolute atomic E-state index is 13.9. The molecule has 2 saturated heterocycles. The SMILES string of the molecule is O=C(c1c(F)cccc1F)N1CCC2(CC1)CC(=O)N(Cc1ccccc1)O2. The van der Waals surface area contributed by atoms with E-state index >= 15 is 0 Å². The van der Waals surface area contributed by atoms with Gasteiger partial charge in [-0.2, -0.15) is 0 Å². The van der Waals surface area contributed by atoms with Crippen molar-refractivity contribution in [3.05, 3.63) is 71.3 Å². The average Bonchev–Trinajstić information content (AvgIpc) is 2.97. The number of likely N-dealkylation sites (tertiary alicyclic amines) is 1. The molecule has 0 unspecified atom stereocenters. The lowest BCUT2D eigenvalue weighted by Gasteiger charge is -2.37. The van der Waals surface area contributed by atoms with Crippen LogP contribution in [0.3, 0.4) is 0 Å². The fourth-order valence-corrected chi connectivity index (χ4v) is 3.80. The lowest BCUT2D eigenvalue weighted by Crippen LogP contribution is -2.47. The molecule has 4 rings (SSSR count). The molecular formula is C21H20F2N2O3. The van der Waals surface area contributed by atoms with Crippen molar-refractivity contribution in [2.75, 3.05) is 13.1 Å². The summed E-state index contributed by atoms with van der Waals surface area (Å²) in [5, 5.41) is 1.38. The number of hydroxylamine groups is 2. The van der Waals surface area contributed by atoms with Gasteiger partial charge in [-0.1, -0.05) is 36.4 Å². The van der Waals surface area contributed by atoms with Gasteiger partial charge in [-0.05, 0) is 30.5 Å². The summed E-state index contributed by atoms with van der Waals surface area (Å²) >= 11 is 0. The molecule has 2 aliphatic heterocycles. The molecule has 2 aromatic rings. The number of benzene rings is 2. The summed E-state index contributed by atoms with van der Waals surface area (Å²) in [6.07, 6.45) is 1.12. The normalized spacial score (nSPS) is 18.7. The first-order valence-electron chi connectivity index (χ1n) is 9.24. The van der Waals surface area contributed by atoms with Crippen LogP contribution in [0.5, 0.6) is 0 Å². The van der Waals surface area contributed by atoms with Gasteiger partial charge in [-0.3, -0.25) is 14.4 Å². The summed E-state index contributed by atoms with van der Waals surface area (Å²) in [4.78, 5) is 32.3. The standard InChI is InChI=1S/C21H20F2N2O3/c22-16-7-4-8-17(23)19(16)20(27)24-11-9-21(10-12-24)13-18(26)25(28-21)14-15-5-2-1-3-6-15/h1-8H,9-14H2. The number of amides is 2. The molecule has 0 bridgehead atoms. The Bertz CT molecular complexity index is 876. The van der Waals surface area contributed by atoms with Gasteiger partial charge in [0.05, 0.1) is 13.0 Å². The molecule has 0 radical (unpaired) electrons. The number of hydrogen-bond donors (Lipinski definition) is 0. The zero-order valence-corrected chi connectivity index (χ0v) is 15.2. The van der Waals surface area contributed by atoms with E-state index in [-0.39, 0.29) is 25.4 Å². The molecule has 0 aromatic heterocycles. The predicted octanol–water partition coefficient (Wildman–Crippen LogP) is 3.30. The van der Waals surface area contributed by atoms with Gasteiger partial charge in [0, 0.05) is 13.1 Å². The molecule has 28 heavy (non-hydrogen) atoms. The van der Waals surface area contributed by atoms with Crippen LogP contribution in [0.4, 0.5) is 8.78 Å². The minimum absolute atomic E-state index is 0.0937. The highest BCUT2D eigenvalue weighted by atomic mass is 19.1. The highest BCUT2D eigenvalue weighted by Crippen LogP contribution is 2.37. The van der Waals surface area contributed by atoms with E-state index in [4.69, 9.17) is 4.84 Å². The van der Waals surface area contributed by atoms with Gasteiger partial charge in [-0.25, -0.2) is 13.8 Å². The van der Waals surface area contributed by atoms with E-state index in [0.717, 1.165) is 17.7 Å². The zero-order chi connectivity index (χ0) is 19.7. The third-order valence-electron chi connectivity index (χ3n) is 5.36. The van der Waals surface area contributed by atoms with Crippen LogP contribution in [0.15, 0.2) is 48.5 Å². The van der Waals surface area contributed by atoms with Crippen molar-refractivity contribution in [2.45, 2.75) is 31.4 Å². The zero-order valence-electron chi connectivity index (χ0n) is 15.2. The molecule has 146 valence electrons. The van der Waals surface area contributed by atoms with Gasteiger partial charge >= 0.3 is 0 Å². The van der Waals surface area contributed by atoms with Crippen LogP contribution in [0, 0.1) is 11.6 Å². The first-order chi connectivity index (χ1) is 13.5. The Morgan fingerprint density at radius 3 is 2.29 bits per heavy atom. The number of carbonyl (C=O) groups is 2. The van der Waals surface area contributed by atoms with Gasteiger partial charge in [0.2, 0.25) is 5.91 Å². The molecule has 2 aromatic carbocycles. The van der Waals surface area contributed by atoms with Crippen molar-refractivity contribution in [3.8, 4) is 0 Å². The Balaban J connectivity index is 1.41. The van der Waals surface area contributed by atoms with Crippen molar-refractivity contribution in [3.63, 3.8) is 0 Å². The summed E-state index contributed by atoms with van der Waals surface area (Å²) in [6, 6.07) is 12.9. The third-order valence-corrected chi connectivity index (χ3v) is 5.36. The molecule has 2 heterocycles. The number of hydrogen-bond acceptors (Lipinski definition) is 3. The van der Waals surface area contributed by atoms with Crippen molar-refractivity contribution >= 4 is 11.8 Å². The number of piperidine rings is 1. The summed E-state index contributed by atoms with van der Waals surface area (Å²) < 4.78 is 27.8. The molecule has 1 spiro atoms. The molecule has 0 aliphatic carbocycles. The molecule has 2 fully saturated rings. The maximum atomic E-state index is 13.9. The molecule has 5 nitrogen and oxygen atoms in total. The van der Waals surface area contributed by atoms with Crippen molar-refractivity contribution in [1.82, 2.24) is 9.96 Å². The lowest BCUT2D eigenvalue weighted by atomic mass is 9.88. The largest absolute Gasteiger partial charge is 0.338 e. The Labute approximate surface area is 161 Å². The van der Waals surface area contributed by atoms with Gasteiger partial charge in [0.25, 0.3) is 5.91 Å². The van der Waals surface area contributed by atoms with Crippen LogP contribution in [-0.4, -0.2) is 40.5 Å². The molecule has 0 atom stereocenters. The van der Waals surface area contributed by atoms with Crippen LogP contribution < -0.4 is 0 Å². The molecular weight excluding hydrogens is 366 g/mol. The Kier molecular flexibility index (Phi) is 4.85. The monoisotopic (exact) mass is 386 g/mol. The molecule has 2 amide bonds. The minimum Gasteiger partial charge on any atom is -0.338 e. The number of halogens is 2. The lowest BCUT2D eigenvalue weighted by molar-refractivity contribution is -0.213. The highest BCUT2D eigenvalue weighted by Gasteiger charge is 2.47. The van der Waals surface area contributed by atoms with Gasteiger partial charge in [0.1, 0.15) is 22.8 Å². The fraction of sp³-hybridized carbons (Fsp3) is 0.333. The van der Waals surface area contributed by atoms with E-state index in [0.29, 0.717) is 19.4 Å².